The van der Waals surface area contributed by atoms with Crippen molar-refractivity contribution >= 4 is 21.8 Å². The molecule has 4 heteroatoms. The van der Waals surface area contributed by atoms with Crippen LogP contribution in [0.1, 0.15) is 12.5 Å². The van der Waals surface area contributed by atoms with Gasteiger partial charge in [-0.25, -0.2) is 4.39 Å². The summed E-state index contributed by atoms with van der Waals surface area (Å²) in [4.78, 5) is 2.24. The lowest BCUT2D eigenvalue weighted by molar-refractivity contribution is -0.137. The van der Waals surface area contributed by atoms with Crippen molar-refractivity contribution in [3.05, 3.63) is 48.0 Å². The Morgan fingerprint density at radius 1 is 1.08 bits per heavy atom. The zero-order valence-corrected chi connectivity index (χ0v) is 14.3. The van der Waals surface area contributed by atoms with Crippen molar-refractivity contribution in [3.8, 4) is 0 Å². The van der Waals surface area contributed by atoms with Crippen molar-refractivity contribution in [2.24, 2.45) is 0 Å². The average molecular weight is 326 g/mol. The van der Waals surface area contributed by atoms with Gasteiger partial charge in [0.1, 0.15) is 12.3 Å². The number of likely N-dealkylation sites (tertiary alicyclic amines) is 1. The van der Waals surface area contributed by atoms with Gasteiger partial charge in [-0.3, -0.25) is 4.90 Å². The van der Waals surface area contributed by atoms with E-state index in [0.717, 1.165) is 13.1 Å². The largest absolute Gasteiger partial charge is 0.373 e. The number of halogens is 1. The van der Waals surface area contributed by atoms with E-state index >= 15 is 0 Å². The summed E-state index contributed by atoms with van der Waals surface area (Å²) in [6.45, 7) is 4.89. The molecular formula is C20H23FN2O. The topological polar surface area (TPSA) is 17.4 Å². The maximum absolute atomic E-state index is 13.1. The van der Waals surface area contributed by atoms with Crippen molar-refractivity contribution < 1.29 is 9.13 Å². The highest BCUT2D eigenvalue weighted by Crippen LogP contribution is 2.31. The standard InChI is InChI=1S/C20H23FN2O/c1-3-23-18-7-5-4-6-16(18)17-10-15(8-9-19(17)23)11-22-13-20(12-21,14-22)24-2/h4-10H,3,11-14H2,1-2H3. The number of nitrogens with zero attached hydrogens (tertiary/aromatic N) is 2. The van der Waals surface area contributed by atoms with Crippen LogP contribution in [0.5, 0.6) is 0 Å². The van der Waals surface area contributed by atoms with Gasteiger partial charge < -0.3 is 9.30 Å². The summed E-state index contributed by atoms with van der Waals surface area (Å²) in [6, 6.07) is 15.3. The molecule has 0 bridgehead atoms. The molecule has 0 unspecified atom stereocenters. The number of methoxy groups -OCH3 is 1. The molecule has 24 heavy (non-hydrogen) atoms. The lowest BCUT2D eigenvalue weighted by Gasteiger charge is -2.47. The van der Waals surface area contributed by atoms with E-state index in [0.29, 0.717) is 13.1 Å². The van der Waals surface area contributed by atoms with Crippen LogP contribution in [0.25, 0.3) is 21.8 Å². The average Bonchev–Trinajstić information content (AvgIpc) is 2.91. The summed E-state index contributed by atoms with van der Waals surface area (Å²) in [7, 11) is 1.60. The van der Waals surface area contributed by atoms with Crippen LogP contribution in [0.15, 0.2) is 42.5 Å². The summed E-state index contributed by atoms with van der Waals surface area (Å²) in [5.41, 5.74) is 3.25. The zero-order chi connectivity index (χ0) is 16.7. The first-order valence-corrected chi connectivity index (χ1v) is 8.53. The Balaban J connectivity index is 1.66. The Morgan fingerprint density at radius 2 is 1.83 bits per heavy atom. The minimum Gasteiger partial charge on any atom is -0.373 e. The van der Waals surface area contributed by atoms with E-state index in [1.165, 1.54) is 27.4 Å². The Bertz CT molecular complexity index is 874. The normalized spacial score (nSPS) is 17.5. The van der Waals surface area contributed by atoms with Gasteiger partial charge in [-0.15, -0.1) is 0 Å². The summed E-state index contributed by atoms with van der Waals surface area (Å²) in [5, 5.41) is 2.60. The molecule has 0 N–H and O–H groups in total. The summed E-state index contributed by atoms with van der Waals surface area (Å²) >= 11 is 0. The molecule has 3 aromatic rings. The van der Waals surface area contributed by atoms with E-state index in [-0.39, 0.29) is 0 Å². The molecule has 0 aliphatic carbocycles. The fourth-order valence-corrected chi connectivity index (χ4v) is 3.95. The van der Waals surface area contributed by atoms with Crippen LogP contribution in [0.4, 0.5) is 4.39 Å². The number of rotatable bonds is 5. The van der Waals surface area contributed by atoms with Crippen molar-refractivity contribution in [1.82, 2.24) is 9.47 Å². The first-order chi connectivity index (χ1) is 11.7. The summed E-state index contributed by atoms with van der Waals surface area (Å²) in [5.74, 6) is 0. The Labute approximate surface area is 141 Å². The van der Waals surface area contributed by atoms with Gasteiger partial charge in [0.25, 0.3) is 0 Å². The zero-order valence-electron chi connectivity index (χ0n) is 14.3. The minimum absolute atomic E-state index is 0.414. The molecule has 0 radical (unpaired) electrons. The predicted octanol–water partition coefficient (Wildman–Crippen LogP) is 3.98. The van der Waals surface area contributed by atoms with Crippen LogP contribution < -0.4 is 0 Å². The third-order valence-electron chi connectivity index (χ3n) is 5.26. The SMILES string of the molecule is CCn1c2ccccc2c2cc(CN3CC(CF)(OC)C3)ccc21. The highest BCUT2D eigenvalue weighted by Gasteiger charge is 2.43. The molecule has 1 aromatic heterocycles. The molecule has 1 saturated heterocycles. The number of hydrogen-bond acceptors (Lipinski definition) is 2. The number of fused-ring (bicyclic) bond motifs is 3. The number of hydrogen-bond donors (Lipinski definition) is 0. The van der Waals surface area contributed by atoms with E-state index in [4.69, 9.17) is 4.74 Å². The summed E-state index contributed by atoms with van der Waals surface area (Å²) in [6.07, 6.45) is 0. The second-order valence-corrected chi connectivity index (χ2v) is 6.78. The van der Waals surface area contributed by atoms with E-state index in [1.54, 1.807) is 7.11 Å². The third-order valence-corrected chi connectivity index (χ3v) is 5.26. The molecule has 3 nitrogen and oxygen atoms in total. The lowest BCUT2D eigenvalue weighted by Crippen LogP contribution is -2.63. The second-order valence-electron chi connectivity index (χ2n) is 6.78. The van der Waals surface area contributed by atoms with Crippen LogP contribution in [0.3, 0.4) is 0 Å². The van der Waals surface area contributed by atoms with Gasteiger partial charge in [-0.05, 0) is 30.7 Å². The molecule has 1 aliphatic heterocycles. The van der Waals surface area contributed by atoms with Crippen LogP contribution in [-0.2, 0) is 17.8 Å². The molecule has 0 spiro atoms. The smallest absolute Gasteiger partial charge is 0.121 e. The van der Waals surface area contributed by atoms with Crippen LogP contribution in [-0.4, -0.2) is 41.9 Å². The van der Waals surface area contributed by atoms with E-state index < -0.39 is 12.3 Å². The molecule has 0 amide bonds. The van der Waals surface area contributed by atoms with E-state index in [9.17, 15) is 4.39 Å². The molecule has 126 valence electrons. The first kappa shape index (κ1) is 15.6. The van der Waals surface area contributed by atoms with Crippen molar-refractivity contribution in [1.29, 1.82) is 0 Å². The summed E-state index contributed by atoms with van der Waals surface area (Å²) < 4.78 is 20.8. The quantitative estimate of drug-likeness (QED) is 0.705. The maximum atomic E-state index is 13.1. The minimum atomic E-state index is -0.581. The fraction of sp³-hybridized carbons (Fsp3) is 0.400. The molecule has 2 heterocycles. The van der Waals surface area contributed by atoms with E-state index in [1.807, 2.05) is 0 Å². The Kier molecular flexibility index (Phi) is 3.82. The van der Waals surface area contributed by atoms with Crippen LogP contribution in [0.2, 0.25) is 0 Å². The number of para-hydroxylation sites is 1. The molecule has 0 saturated carbocycles. The van der Waals surface area contributed by atoms with Gasteiger partial charge in [-0.1, -0.05) is 24.3 Å². The monoisotopic (exact) mass is 326 g/mol. The number of aromatic nitrogens is 1. The molecule has 2 aromatic carbocycles. The number of ether oxygens (including phenoxy) is 1. The number of benzene rings is 2. The molecule has 1 fully saturated rings. The van der Waals surface area contributed by atoms with Gasteiger partial charge in [0.15, 0.2) is 0 Å². The Hall–Kier alpha value is -1.91. The molecular weight excluding hydrogens is 303 g/mol. The van der Waals surface area contributed by atoms with Crippen molar-refractivity contribution in [3.63, 3.8) is 0 Å². The highest BCUT2D eigenvalue weighted by atomic mass is 19.1. The van der Waals surface area contributed by atoms with Gasteiger partial charge in [0.05, 0.1) is 0 Å². The van der Waals surface area contributed by atoms with Gasteiger partial charge in [-0.2, -0.15) is 0 Å². The van der Waals surface area contributed by atoms with Crippen LogP contribution >= 0.6 is 0 Å². The lowest BCUT2D eigenvalue weighted by atomic mass is 9.94. The van der Waals surface area contributed by atoms with Crippen molar-refractivity contribution in [2.45, 2.75) is 25.6 Å². The number of aryl methyl sites for hydroxylation is 1. The first-order valence-electron chi connectivity index (χ1n) is 8.53. The predicted molar refractivity (Wildman–Crippen MR) is 96.1 cm³/mol. The van der Waals surface area contributed by atoms with Gasteiger partial charge in [0, 0.05) is 55.1 Å². The number of alkyl halides is 1. The van der Waals surface area contributed by atoms with Gasteiger partial charge in [0.2, 0.25) is 0 Å². The Morgan fingerprint density at radius 3 is 2.54 bits per heavy atom. The maximum Gasteiger partial charge on any atom is 0.121 e. The van der Waals surface area contributed by atoms with Crippen molar-refractivity contribution in [2.75, 3.05) is 26.9 Å². The van der Waals surface area contributed by atoms with Gasteiger partial charge >= 0.3 is 0 Å². The molecule has 4 rings (SSSR count). The second kappa shape index (κ2) is 5.87. The highest BCUT2D eigenvalue weighted by molar-refractivity contribution is 6.08. The van der Waals surface area contributed by atoms with E-state index in [2.05, 4.69) is 58.9 Å². The van der Waals surface area contributed by atoms with Crippen LogP contribution in [0, 0.1) is 0 Å². The third kappa shape index (κ3) is 2.33. The molecule has 0 atom stereocenters. The fourth-order valence-electron chi connectivity index (χ4n) is 3.95. The molecule has 1 aliphatic rings.